The Balaban J connectivity index is 2.08. The van der Waals surface area contributed by atoms with E-state index in [1.807, 2.05) is 32.9 Å². The van der Waals surface area contributed by atoms with Crippen LogP contribution in [0.15, 0.2) is 22.7 Å². The van der Waals surface area contributed by atoms with Crippen LogP contribution in [0.2, 0.25) is 0 Å². The molecule has 0 spiro atoms. The summed E-state index contributed by atoms with van der Waals surface area (Å²) in [6.07, 6.45) is 6.47. The van der Waals surface area contributed by atoms with Gasteiger partial charge in [-0.05, 0) is 74.2 Å². The lowest BCUT2D eigenvalue weighted by Crippen LogP contribution is -2.32. The molecule has 1 aromatic carbocycles. The number of rotatable bonds is 4. The molecule has 4 heteroatoms. The minimum Gasteiger partial charge on any atom is -0.507 e. The van der Waals surface area contributed by atoms with Crippen molar-refractivity contribution in [1.82, 2.24) is 0 Å². The predicted molar refractivity (Wildman–Crippen MR) is 84.0 cm³/mol. The van der Waals surface area contributed by atoms with E-state index in [0.717, 1.165) is 30.6 Å². The Bertz CT molecular complexity index is 531. The zero-order valence-electron chi connectivity index (χ0n) is 12.1. The monoisotopic (exact) mass is 340 g/mol. The summed E-state index contributed by atoms with van der Waals surface area (Å²) in [6.45, 7) is 5.68. The lowest BCUT2D eigenvalue weighted by molar-refractivity contribution is 0.0576. The number of aliphatic hydroxyl groups is 1. The van der Waals surface area contributed by atoms with Crippen LogP contribution in [0.4, 0.5) is 0 Å². The van der Waals surface area contributed by atoms with E-state index in [2.05, 4.69) is 15.9 Å². The summed E-state index contributed by atoms with van der Waals surface area (Å²) in [6, 6.07) is 3.48. The van der Waals surface area contributed by atoms with Crippen molar-refractivity contribution in [1.29, 1.82) is 0 Å². The van der Waals surface area contributed by atoms with Crippen molar-refractivity contribution in [3.63, 3.8) is 0 Å². The van der Waals surface area contributed by atoms with Gasteiger partial charge in [-0.1, -0.05) is 6.08 Å². The number of benzene rings is 1. The Labute approximate surface area is 128 Å². The summed E-state index contributed by atoms with van der Waals surface area (Å²) >= 11 is 3.30. The van der Waals surface area contributed by atoms with Crippen LogP contribution >= 0.6 is 15.9 Å². The smallest absolute Gasteiger partial charge is 0.130 e. The van der Waals surface area contributed by atoms with E-state index in [0.29, 0.717) is 4.47 Å². The molecular weight excluding hydrogens is 320 g/mol. The van der Waals surface area contributed by atoms with Crippen LogP contribution in [-0.2, 0) is 0 Å². The largest absolute Gasteiger partial charge is 0.507 e. The van der Waals surface area contributed by atoms with E-state index in [9.17, 15) is 10.2 Å². The molecule has 0 saturated carbocycles. The third-order valence-electron chi connectivity index (χ3n) is 3.50. The maximum absolute atomic E-state index is 9.76. The third-order valence-corrected chi connectivity index (χ3v) is 4.13. The van der Waals surface area contributed by atoms with Gasteiger partial charge >= 0.3 is 0 Å². The second-order valence-corrected chi connectivity index (χ2v) is 7.11. The van der Waals surface area contributed by atoms with Gasteiger partial charge in [-0.15, -0.1) is 0 Å². The van der Waals surface area contributed by atoms with E-state index in [1.165, 1.54) is 0 Å². The fourth-order valence-electron chi connectivity index (χ4n) is 2.34. The lowest BCUT2D eigenvalue weighted by Gasteiger charge is -2.32. The van der Waals surface area contributed by atoms with E-state index in [1.54, 1.807) is 12.1 Å². The minimum absolute atomic E-state index is 0.211. The van der Waals surface area contributed by atoms with E-state index >= 15 is 0 Å². The molecule has 0 saturated heterocycles. The standard InChI is InChI=1S/C16H21BrO3/c1-15(2,19)6-4-7-16(3)8-5-11-9-13(18)12(17)10-14(11)20-16/h5,8-10,18-19H,4,6-7H2,1-3H3/t16-/m1/s1. The Hall–Kier alpha value is -1.00. The summed E-state index contributed by atoms with van der Waals surface area (Å²) in [5.41, 5.74) is -0.124. The molecule has 0 bridgehead atoms. The van der Waals surface area contributed by atoms with Gasteiger partial charge < -0.3 is 14.9 Å². The predicted octanol–water partition coefficient (Wildman–Crippen LogP) is 4.26. The highest BCUT2D eigenvalue weighted by Gasteiger charge is 2.28. The van der Waals surface area contributed by atoms with Gasteiger partial charge in [0.2, 0.25) is 0 Å². The number of fused-ring (bicyclic) bond motifs is 1. The van der Waals surface area contributed by atoms with Gasteiger partial charge in [0.1, 0.15) is 17.1 Å². The second kappa shape index (κ2) is 5.41. The molecule has 20 heavy (non-hydrogen) atoms. The van der Waals surface area contributed by atoms with Crippen molar-refractivity contribution in [2.75, 3.05) is 0 Å². The average molecular weight is 341 g/mol. The summed E-state index contributed by atoms with van der Waals surface area (Å²) in [5.74, 6) is 0.977. The molecule has 1 heterocycles. The van der Waals surface area contributed by atoms with Crippen LogP contribution in [0.1, 0.15) is 45.6 Å². The van der Waals surface area contributed by atoms with Gasteiger partial charge in [0.05, 0.1) is 10.1 Å². The Morgan fingerprint density at radius 2 is 2.05 bits per heavy atom. The first-order valence-corrected chi connectivity index (χ1v) is 7.61. The van der Waals surface area contributed by atoms with Gasteiger partial charge in [-0.2, -0.15) is 0 Å². The number of aromatic hydroxyl groups is 1. The molecule has 1 atom stereocenters. The van der Waals surface area contributed by atoms with Crippen molar-refractivity contribution in [2.24, 2.45) is 0 Å². The first-order valence-electron chi connectivity index (χ1n) is 6.82. The molecule has 0 unspecified atom stereocenters. The summed E-state index contributed by atoms with van der Waals surface area (Å²) in [7, 11) is 0. The van der Waals surface area contributed by atoms with Gasteiger partial charge in [0, 0.05) is 5.56 Å². The highest BCUT2D eigenvalue weighted by atomic mass is 79.9. The highest BCUT2D eigenvalue weighted by molar-refractivity contribution is 9.10. The molecule has 0 aliphatic carbocycles. The topological polar surface area (TPSA) is 49.7 Å². The average Bonchev–Trinajstić information content (AvgIpc) is 2.29. The fraction of sp³-hybridized carbons (Fsp3) is 0.500. The molecule has 1 aliphatic rings. The molecule has 0 aromatic heterocycles. The number of halogens is 1. The molecule has 0 amide bonds. The number of ether oxygens (including phenoxy) is 1. The maximum Gasteiger partial charge on any atom is 0.130 e. The van der Waals surface area contributed by atoms with Gasteiger partial charge in [-0.25, -0.2) is 0 Å². The van der Waals surface area contributed by atoms with Crippen LogP contribution in [-0.4, -0.2) is 21.4 Å². The number of phenols is 1. The first-order chi connectivity index (χ1) is 9.19. The number of phenolic OH excluding ortho intramolecular Hbond substituents is 1. The van der Waals surface area contributed by atoms with Crippen LogP contribution < -0.4 is 4.74 Å². The molecular formula is C16H21BrO3. The molecule has 2 rings (SSSR count). The van der Waals surface area contributed by atoms with Gasteiger partial charge in [0.15, 0.2) is 0 Å². The Morgan fingerprint density at radius 1 is 1.35 bits per heavy atom. The molecule has 2 N–H and O–H groups in total. The zero-order valence-corrected chi connectivity index (χ0v) is 13.7. The van der Waals surface area contributed by atoms with Crippen LogP contribution in [0.25, 0.3) is 6.08 Å². The van der Waals surface area contributed by atoms with Crippen molar-refractivity contribution in [2.45, 2.75) is 51.2 Å². The van der Waals surface area contributed by atoms with E-state index in [-0.39, 0.29) is 11.4 Å². The molecule has 0 fully saturated rings. The Kier molecular flexibility index (Phi) is 4.17. The molecule has 1 aromatic rings. The molecule has 3 nitrogen and oxygen atoms in total. The third kappa shape index (κ3) is 3.76. The van der Waals surface area contributed by atoms with Crippen LogP contribution in [0.5, 0.6) is 11.5 Å². The lowest BCUT2D eigenvalue weighted by atomic mass is 9.91. The van der Waals surface area contributed by atoms with Crippen molar-refractivity contribution >= 4 is 22.0 Å². The van der Waals surface area contributed by atoms with Crippen molar-refractivity contribution in [3.05, 3.63) is 28.2 Å². The van der Waals surface area contributed by atoms with Crippen molar-refractivity contribution < 1.29 is 14.9 Å². The van der Waals surface area contributed by atoms with Crippen LogP contribution in [0, 0.1) is 0 Å². The number of hydrogen-bond acceptors (Lipinski definition) is 3. The van der Waals surface area contributed by atoms with E-state index in [4.69, 9.17) is 4.74 Å². The summed E-state index contributed by atoms with van der Waals surface area (Å²) in [5, 5.41) is 19.4. The molecule has 1 aliphatic heterocycles. The molecule has 110 valence electrons. The fourth-order valence-corrected chi connectivity index (χ4v) is 2.66. The van der Waals surface area contributed by atoms with Crippen LogP contribution in [0.3, 0.4) is 0 Å². The van der Waals surface area contributed by atoms with Gasteiger partial charge in [0.25, 0.3) is 0 Å². The second-order valence-electron chi connectivity index (χ2n) is 6.26. The zero-order chi connectivity index (χ0) is 15.0. The van der Waals surface area contributed by atoms with Crippen molar-refractivity contribution in [3.8, 4) is 11.5 Å². The van der Waals surface area contributed by atoms with Gasteiger partial charge in [-0.3, -0.25) is 0 Å². The molecule has 0 radical (unpaired) electrons. The quantitative estimate of drug-likeness (QED) is 0.860. The minimum atomic E-state index is -0.637. The summed E-state index contributed by atoms with van der Waals surface area (Å²) < 4.78 is 6.69. The maximum atomic E-state index is 9.76. The first kappa shape index (κ1) is 15.4. The SMILES string of the molecule is CC(C)(O)CCC[C@]1(C)C=Cc2cc(O)c(Br)cc2O1. The van der Waals surface area contributed by atoms with E-state index < -0.39 is 5.60 Å². The Morgan fingerprint density at radius 3 is 2.70 bits per heavy atom. The number of hydrogen-bond donors (Lipinski definition) is 2. The highest BCUT2D eigenvalue weighted by Crippen LogP contribution is 2.39. The normalized spacial score (nSPS) is 21.4. The summed E-state index contributed by atoms with van der Waals surface area (Å²) in [4.78, 5) is 0.